The molecule has 0 spiro atoms. The molecule has 0 bridgehead atoms. The number of hydrogen-bond acceptors (Lipinski definition) is 3. The maximum absolute atomic E-state index is 12.5. The number of hydrogen-bond donors (Lipinski definition) is 2. The van der Waals surface area contributed by atoms with Crippen molar-refractivity contribution in [3.8, 4) is 0 Å². The molecule has 4 atom stereocenters. The summed E-state index contributed by atoms with van der Waals surface area (Å²) >= 11 is 0. The number of aliphatic hydroxyl groups excluding tert-OH is 2. The van der Waals surface area contributed by atoms with Crippen molar-refractivity contribution in [2.24, 2.45) is 0 Å². The van der Waals surface area contributed by atoms with Gasteiger partial charge in [0, 0.05) is 0 Å². The Morgan fingerprint density at radius 3 is 2.40 bits per heavy atom. The number of alkyl halides is 1. The Balaban J connectivity index is 2.53. The summed E-state index contributed by atoms with van der Waals surface area (Å²) in [7, 11) is 5.07. The van der Waals surface area contributed by atoms with E-state index in [0.29, 0.717) is 0 Å². The molecule has 0 aromatic heterocycles. The molecule has 1 aliphatic rings. The second-order valence-electron chi connectivity index (χ2n) is 2.26. The molecule has 1 aliphatic heterocycles. The van der Waals surface area contributed by atoms with Crippen molar-refractivity contribution >= 4 is 7.85 Å². The van der Waals surface area contributed by atoms with E-state index in [0.717, 1.165) is 0 Å². The van der Waals surface area contributed by atoms with Gasteiger partial charge in [0.05, 0.1) is 12.6 Å². The van der Waals surface area contributed by atoms with Gasteiger partial charge in [-0.15, -0.1) is 0 Å². The summed E-state index contributed by atoms with van der Waals surface area (Å²) in [5, 5.41) is 17.4. The van der Waals surface area contributed by atoms with E-state index in [9.17, 15) is 4.39 Å². The van der Waals surface area contributed by atoms with E-state index >= 15 is 0 Å². The normalized spacial score (nSPS) is 47.9. The Kier molecular flexibility index (Phi) is 2.28. The number of halogens is 1. The van der Waals surface area contributed by atoms with Crippen LogP contribution in [0.5, 0.6) is 0 Å². The van der Waals surface area contributed by atoms with Crippen LogP contribution < -0.4 is 0 Å². The minimum absolute atomic E-state index is 0.407. The zero-order valence-corrected chi connectivity index (χ0v) is 5.27. The summed E-state index contributed by atoms with van der Waals surface area (Å²) < 4.78 is 17.2. The SMILES string of the molecule is [B][C@@H]1O[C@H](CO)[C@@H](O)[C@@H]1F. The fourth-order valence-corrected chi connectivity index (χ4v) is 0.908. The highest BCUT2D eigenvalue weighted by Gasteiger charge is 2.40. The first-order chi connectivity index (χ1) is 4.66. The summed E-state index contributed by atoms with van der Waals surface area (Å²) in [6, 6.07) is -1.10. The third kappa shape index (κ3) is 1.16. The lowest BCUT2D eigenvalue weighted by molar-refractivity contribution is -0.00566. The Morgan fingerprint density at radius 2 is 2.20 bits per heavy atom. The lowest BCUT2D eigenvalue weighted by Gasteiger charge is -2.09. The summed E-state index contributed by atoms with van der Waals surface area (Å²) in [6.45, 7) is -0.407. The van der Waals surface area contributed by atoms with Crippen molar-refractivity contribution in [1.29, 1.82) is 0 Å². The standard InChI is InChI=1S/C5H8BFO3/c6-5-3(7)4(9)2(1-8)10-5/h2-5,8-9H,1H2/t2-,3+,4-,5-/m1/s1. The van der Waals surface area contributed by atoms with E-state index < -0.39 is 31.0 Å². The average Bonchev–Trinajstić information content (AvgIpc) is 2.17. The molecular weight excluding hydrogens is 138 g/mol. The molecule has 5 heteroatoms. The lowest BCUT2D eigenvalue weighted by atomic mass is 9.94. The molecule has 0 aromatic rings. The largest absolute Gasteiger partial charge is 0.394 e. The van der Waals surface area contributed by atoms with Crippen molar-refractivity contribution in [2.75, 3.05) is 6.61 Å². The van der Waals surface area contributed by atoms with Crippen LogP contribution in [0.3, 0.4) is 0 Å². The second-order valence-corrected chi connectivity index (χ2v) is 2.26. The highest BCUT2D eigenvalue weighted by atomic mass is 19.1. The fourth-order valence-electron chi connectivity index (χ4n) is 0.908. The predicted molar refractivity (Wildman–Crippen MR) is 32.4 cm³/mol. The average molecular weight is 146 g/mol. The number of ether oxygens (including phenoxy) is 1. The van der Waals surface area contributed by atoms with Crippen LogP contribution in [0.15, 0.2) is 0 Å². The van der Waals surface area contributed by atoms with Crippen LogP contribution in [-0.2, 0) is 4.74 Å². The first kappa shape index (κ1) is 7.98. The van der Waals surface area contributed by atoms with E-state index in [1.165, 1.54) is 0 Å². The van der Waals surface area contributed by atoms with Gasteiger partial charge in [-0.05, 0) is 0 Å². The van der Waals surface area contributed by atoms with Gasteiger partial charge in [-0.2, -0.15) is 0 Å². The predicted octanol–water partition coefficient (Wildman–Crippen LogP) is -1.43. The molecule has 1 saturated heterocycles. The molecule has 1 heterocycles. The Hall–Kier alpha value is -0.125. The maximum Gasteiger partial charge on any atom is 0.146 e. The first-order valence-electron chi connectivity index (χ1n) is 3.01. The molecule has 0 unspecified atom stereocenters. The molecule has 3 nitrogen and oxygen atoms in total. The maximum atomic E-state index is 12.5. The Labute approximate surface area is 59.2 Å². The van der Waals surface area contributed by atoms with Gasteiger partial charge in [0.2, 0.25) is 0 Å². The minimum Gasteiger partial charge on any atom is -0.394 e. The molecule has 56 valence electrons. The van der Waals surface area contributed by atoms with Crippen LogP contribution in [0, 0.1) is 0 Å². The van der Waals surface area contributed by atoms with Gasteiger partial charge in [0.15, 0.2) is 0 Å². The zero-order valence-electron chi connectivity index (χ0n) is 5.27. The second kappa shape index (κ2) is 2.86. The fraction of sp³-hybridized carbons (Fsp3) is 1.00. The molecule has 10 heavy (non-hydrogen) atoms. The third-order valence-electron chi connectivity index (χ3n) is 1.53. The lowest BCUT2D eigenvalue weighted by Crippen LogP contribution is -2.30. The van der Waals surface area contributed by atoms with Gasteiger partial charge < -0.3 is 14.9 Å². The van der Waals surface area contributed by atoms with Crippen LogP contribution in [0.25, 0.3) is 0 Å². The van der Waals surface area contributed by atoms with Gasteiger partial charge >= 0.3 is 0 Å². The van der Waals surface area contributed by atoms with Gasteiger partial charge in [-0.3, -0.25) is 0 Å². The highest BCUT2D eigenvalue weighted by Crippen LogP contribution is 2.21. The molecule has 1 rings (SSSR count). The van der Waals surface area contributed by atoms with Gasteiger partial charge in [0.25, 0.3) is 0 Å². The molecule has 1 fully saturated rings. The van der Waals surface area contributed by atoms with E-state index in [2.05, 4.69) is 4.74 Å². The van der Waals surface area contributed by atoms with Crippen molar-refractivity contribution in [3.63, 3.8) is 0 Å². The molecular formula is C5H8BFO3. The van der Waals surface area contributed by atoms with Crippen LogP contribution in [-0.4, -0.2) is 49.0 Å². The minimum atomic E-state index is -1.59. The quantitative estimate of drug-likeness (QED) is 0.446. The molecule has 0 aromatic carbocycles. The monoisotopic (exact) mass is 146 g/mol. The van der Waals surface area contributed by atoms with Crippen molar-refractivity contribution in [1.82, 2.24) is 0 Å². The molecule has 2 radical (unpaired) electrons. The summed E-state index contributed by atoms with van der Waals surface area (Å²) in [6.07, 6.45) is -3.75. The van der Waals surface area contributed by atoms with Crippen LogP contribution in [0.2, 0.25) is 0 Å². The molecule has 0 aliphatic carbocycles. The van der Waals surface area contributed by atoms with E-state index in [1.54, 1.807) is 0 Å². The number of rotatable bonds is 1. The van der Waals surface area contributed by atoms with Crippen LogP contribution in [0.1, 0.15) is 0 Å². The topological polar surface area (TPSA) is 49.7 Å². The van der Waals surface area contributed by atoms with Crippen LogP contribution in [0.4, 0.5) is 4.39 Å². The summed E-state index contributed by atoms with van der Waals surface area (Å²) in [4.78, 5) is 0. The highest BCUT2D eigenvalue weighted by molar-refractivity contribution is 6.11. The van der Waals surface area contributed by atoms with Crippen molar-refractivity contribution in [2.45, 2.75) is 24.4 Å². The Bertz CT molecular complexity index is 123. The van der Waals surface area contributed by atoms with Crippen molar-refractivity contribution in [3.05, 3.63) is 0 Å². The molecule has 0 saturated carbocycles. The smallest absolute Gasteiger partial charge is 0.146 e. The third-order valence-corrected chi connectivity index (χ3v) is 1.53. The first-order valence-corrected chi connectivity index (χ1v) is 3.01. The van der Waals surface area contributed by atoms with E-state index in [4.69, 9.17) is 18.1 Å². The van der Waals surface area contributed by atoms with Gasteiger partial charge in [0.1, 0.15) is 26.2 Å². The molecule has 2 N–H and O–H groups in total. The van der Waals surface area contributed by atoms with Gasteiger partial charge in [-0.25, -0.2) is 4.39 Å². The van der Waals surface area contributed by atoms with Gasteiger partial charge in [-0.1, -0.05) is 0 Å². The molecule has 0 amide bonds. The van der Waals surface area contributed by atoms with Crippen molar-refractivity contribution < 1.29 is 19.3 Å². The zero-order chi connectivity index (χ0) is 7.72. The summed E-state index contributed by atoms with van der Waals surface area (Å²) in [5.41, 5.74) is 0. The van der Waals surface area contributed by atoms with Crippen LogP contribution >= 0.6 is 0 Å². The Morgan fingerprint density at radius 1 is 1.60 bits per heavy atom. The summed E-state index contributed by atoms with van der Waals surface area (Å²) in [5.74, 6) is 0. The number of aliphatic hydroxyl groups is 2. The van der Waals surface area contributed by atoms with E-state index in [1.807, 2.05) is 0 Å². The van der Waals surface area contributed by atoms with E-state index in [-0.39, 0.29) is 0 Å².